The van der Waals surface area contributed by atoms with E-state index in [4.69, 9.17) is 16.3 Å². The molecule has 0 atom stereocenters. The number of fused-ring (bicyclic) bond motifs is 1. The molecule has 140 valence electrons. The second-order valence-electron chi connectivity index (χ2n) is 5.93. The van der Waals surface area contributed by atoms with Gasteiger partial charge in [-0.15, -0.1) is 10.2 Å². The Kier molecular flexibility index (Phi) is 5.77. The van der Waals surface area contributed by atoms with Crippen LogP contribution in [0.25, 0.3) is 0 Å². The summed E-state index contributed by atoms with van der Waals surface area (Å²) in [5.74, 6) is -0.0797. The lowest BCUT2D eigenvalue weighted by Crippen LogP contribution is -2.25. The first kappa shape index (κ1) is 18.5. The largest absolute Gasteiger partial charge is 0.487 e. The van der Waals surface area contributed by atoms with Crippen LogP contribution in [-0.4, -0.2) is 16.7 Å². The minimum Gasteiger partial charge on any atom is -0.487 e. The standard InChI is InChI=1S/C18H16ClFN4OS2/c19-14-6-17(27-24-18-23-22-10-26-18)15(20)7-16(14)25-9-12-3-1-2-11-4-5-21-8-13(11)12/h1-3,6-7,10,21H,4-5,8-9H2,(H,23,24). The van der Waals surface area contributed by atoms with Gasteiger partial charge < -0.3 is 10.1 Å². The molecule has 0 saturated carbocycles. The molecule has 2 heterocycles. The second kappa shape index (κ2) is 8.43. The van der Waals surface area contributed by atoms with Gasteiger partial charge in [0.05, 0.1) is 9.92 Å². The number of hydrogen-bond acceptors (Lipinski definition) is 7. The van der Waals surface area contributed by atoms with E-state index in [1.54, 1.807) is 11.6 Å². The van der Waals surface area contributed by atoms with Gasteiger partial charge in [0.15, 0.2) is 0 Å². The zero-order valence-electron chi connectivity index (χ0n) is 14.2. The summed E-state index contributed by atoms with van der Waals surface area (Å²) < 4.78 is 23.2. The van der Waals surface area contributed by atoms with Crippen LogP contribution in [0.4, 0.5) is 9.52 Å². The summed E-state index contributed by atoms with van der Waals surface area (Å²) in [5, 5.41) is 11.9. The van der Waals surface area contributed by atoms with E-state index in [9.17, 15) is 4.39 Å². The molecule has 0 amide bonds. The Balaban J connectivity index is 1.46. The fourth-order valence-electron chi connectivity index (χ4n) is 2.89. The lowest BCUT2D eigenvalue weighted by Gasteiger charge is -2.20. The highest BCUT2D eigenvalue weighted by atomic mass is 35.5. The maximum atomic E-state index is 14.4. The zero-order chi connectivity index (χ0) is 18.6. The third kappa shape index (κ3) is 4.35. The summed E-state index contributed by atoms with van der Waals surface area (Å²) >= 11 is 8.73. The van der Waals surface area contributed by atoms with Crippen LogP contribution in [0.15, 0.2) is 40.7 Å². The van der Waals surface area contributed by atoms with Crippen LogP contribution in [-0.2, 0) is 19.6 Å². The topological polar surface area (TPSA) is 59.1 Å². The van der Waals surface area contributed by atoms with E-state index in [2.05, 4.69) is 26.3 Å². The number of anilines is 1. The highest BCUT2D eigenvalue weighted by molar-refractivity contribution is 8.00. The van der Waals surface area contributed by atoms with Crippen LogP contribution in [0.1, 0.15) is 16.7 Å². The van der Waals surface area contributed by atoms with Gasteiger partial charge in [0.1, 0.15) is 23.7 Å². The van der Waals surface area contributed by atoms with Crippen LogP contribution in [0.3, 0.4) is 0 Å². The molecule has 0 saturated heterocycles. The summed E-state index contributed by atoms with van der Waals surface area (Å²) in [6, 6.07) is 9.08. The highest BCUT2D eigenvalue weighted by Gasteiger charge is 2.15. The molecule has 1 aromatic heterocycles. The van der Waals surface area contributed by atoms with Crippen molar-refractivity contribution in [2.75, 3.05) is 11.3 Å². The number of nitrogens with one attached hydrogen (secondary N) is 2. The van der Waals surface area contributed by atoms with Crippen LogP contribution in [0.5, 0.6) is 5.75 Å². The SMILES string of the molecule is Fc1cc(OCc2cccc3c2CNCC3)c(Cl)cc1SNc1nncs1. The molecule has 2 aromatic carbocycles. The minimum absolute atomic E-state index is 0.329. The Labute approximate surface area is 169 Å². The Morgan fingerprint density at radius 2 is 2.30 bits per heavy atom. The molecule has 0 fully saturated rings. The zero-order valence-corrected chi connectivity index (χ0v) is 16.6. The lowest BCUT2D eigenvalue weighted by molar-refractivity contribution is 0.302. The first-order valence-corrected chi connectivity index (χ1v) is 10.4. The van der Waals surface area contributed by atoms with Crippen molar-refractivity contribution < 1.29 is 9.13 Å². The molecule has 27 heavy (non-hydrogen) atoms. The van der Waals surface area contributed by atoms with Gasteiger partial charge in [0.25, 0.3) is 0 Å². The van der Waals surface area contributed by atoms with Crippen molar-refractivity contribution in [1.29, 1.82) is 0 Å². The summed E-state index contributed by atoms with van der Waals surface area (Å²) in [5.41, 5.74) is 5.28. The van der Waals surface area contributed by atoms with E-state index in [-0.39, 0.29) is 0 Å². The van der Waals surface area contributed by atoms with E-state index >= 15 is 0 Å². The first-order chi connectivity index (χ1) is 13.2. The Morgan fingerprint density at radius 1 is 1.37 bits per heavy atom. The summed E-state index contributed by atoms with van der Waals surface area (Å²) in [6.07, 6.45) is 1.01. The van der Waals surface area contributed by atoms with Crippen LogP contribution >= 0.6 is 34.9 Å². The summed E-state index contributed by atoms with van der Waals surface area (Å²) in [7, 11) is 0. The van der Waals surface area contributed by atoms with Gasteiger partial charge in [0.2, 0.25) is 5.13 Å². The van der Waals surface area contributed by atoms with Crippen molar-refractivity contribution in [2.45, 2.75) is 24.5 Å². The van der Waals surface area contributed by atoms with Gasteiger partial charge in [-0.2, -0.15) is 0 Å². The van der Waals surface area contributed by atoms with Gasteiger partial charge in [-0.1, -0.05) is 41.1 Å². The molecule has 9 heteroatoms. The number of hydrogen-bond donors (Lipinski definition) is 2. The molecule has 0 unspecified atom stereocenters. The third-order valence-electron chi connectivity index (χ3n) is 4.22. The smallest absolute Gasteiger partial charge is 0.215 e. The molecule has 0 aliphatic carbocycles. The lowest BCUT2D eigenvalue weighted by atomic mass is 9.96. The molecular formula is C18H16ClFN4OS2. The van der Waals surface area contributed by atoms with E-state index in [1.807, 2.05) is 12.1 Å². The molecule has 3 aromatic rings. The molecule has 1 aliphatic rings. The monoisotopic (exact) mass is 422 g/mol. The second-order valence-corrected chi connectivity index (χ2v) is 8.02. The minimum atomic E-state index is -0.409. The van der Waals surface area contributed by atoms with Crippen molar-refractivity contribution >= 4 is 40.0 Å². The molecule has 2 N–H and O–H groups in total. The van der Waals surface area contributed by atoms with Crippen molar-refractivity contribution in [3.05, 3.63) is 63.4 Å². The molecule has 0 spiro atoms. The Morgan fingerprint density at radius 3 is 3.15 bits per heavy atom. The van der Waals surface area contributed by atoms with E-state index in [1.165, 1.54) is 28.5 Å². The van der Waals surface area contributed by atoms with Gasteiger partial charge in [-0.25, -0.2) is 4.39 Å². The van der Waals surface area contributed by atoms with Crippen LogP contribution in [0, 0.1) is 5.82 Å². The Hall–Kier alpha value is -1.87. The molecular weight excluding hydrogens is 407 g/mol. The summed E-state index contributed by atoms with van der Waals surface area (Å²) in [4.78, 5) is 0.365. The quantitative estimate of drug-likeness (QED) is 0.563. The number of aromatic nitrogens is 2. The van der Waals surface area contributed by atoms with Crippen molar-refractivity contribution in [3.63, 3.8) is 0 Å². The molecule has 5 nitrogen and oxygen atoms in total. The van der Waals surface area contributed by atoms with Crippen molar-refractivity contribution in [1.82, 2.24) is 15.5 Å². The first-order valence-electron chi connectivity index (χ1n) is 8.32. The number of nitrogens with zero attached hydrogens (tertiary/aromatic N) is 2. The molecule has 0 radical (unpaired) electrons. The predicted octanol–water partition coefficient (Wildman–Crippen LogP) is 4.67. The van der Waals surface area contributed by atoms with Crippen LogP contribution < -0.4 is 14.8 Å². The molecule has 4 rings (SSSR count). The van der Waals surface area contributed by atoms with Crippen molar-refractivity contribution in [3.8, 4) is 5.75 Å². The van der Waals surface area contributed by atoms with Crippen molar-refractivity contribution in [2.24, 2.45) is 0 Å². The third-order valence-corrected chi connectivity index (χ3v) is 6.08. The number of ether oxygens (including phenoxy) is 1. The number of halogens is 2. The van der Waals surface area contributed by atoms with Gasteiger partial charge in [0, 0.05) is 12.6 Å². The fraction of sp³-hybridized carbons (Fsp3) is 0.222. The average Bonchev–Trinajstić information content (AvgIpc) is 3.21. The van der Waals surface area contributed by atoms with Gasteiger partial charge in [-0.05, 0) is 47.7 Å². The maximum Gasteiger partial charge on any atom is 0.215 e. The molecule has 0 bridgehead atoms. The van der Waals surface area contributed by atoms with Gasteiger partial charge >= 0.3 is 0 Å². The van der Waals surface area contributed by atoms with E-state index < -0.39 is 5.82 Å². The normalized spacial score (nSPS) is 13.3. The summed E-state index contributed by atoms with van der Waals surface area (Å²) in [6.45, 7) is 2.15. The van der Waals surface area contributed by atoms with E-state index in [0.29, 0.717) is 27.4 Å². The highest BCUT2D eigenvalue weighted by Crippen LogP contribution is 2.34. The maximum absolute atomic E-state index is 14.4. The average molecular weight is 423 g/mol. The Bertz CT molecular complexity index is 939. The van der Waals surface area contributed by atoms with Crippen LogP contribution in [0.2, 0.25) is 5.02 Å². The number of rotatable bonds is 6. The fourth-order valence-corrected chi connectivity index (χ4v) is 4.35. The molecule has 1 aliphatic heterocycles. The predicted molar refractivity (Wildman–Crippen MR) is 107 cm³/mol. The van der Waals surface area contributed by atoms with E-state index in [0.717, 1.165) is 37.0 Å². The van der Waals surface area contributed by atoms with Gasteiger partial charge in [-0.3, -0.25) is 4.72 Å². The number of benzene rings is 2.